The van der Waals surface area contributed by atoms with Crippen molar-refractivity contribution in [3.05, 3.63) is 82.6 Å². The molecule has 0 bridgehead atoms. The Bertz CT molecular complexity index is 1080. The molecule has 3 aromatic rings. The molecule has 1 aliphatic heterocycles. The van der Waals surface area contributed by atoms with Gasteiger partial charge in [0.1, 0.15) is 5.82 Å². The maximum Gasteiger partial charge on any atom is 0.309 e. The van der Waals surface area contributed by atoms with Crippen LogP contribution in [0.15, 0.2) is 60.7 Å². The summed E-state index contributed by atoms with van der Waals surface area (Å²) in [7, 11) is 1.36. The molecule has 148 valence electrons. The monoisotopic (exact) mass is 412 g/mol. The highest BCUT2D eigenvalue weighted by molar-refractivity contribution is 6.30. The van der Waals surface area contributed by atoms with E-state index in [-0.39, 0.29) is 18.0 Å². The predicted octanol–water partition coefficient (Wildman–Crippen LogP) is 5.51. The van der Waals surface area contributed by atoms with Crippen LogP contribution < -0.4 is 9.47 Å². The number of methoxy groups -OCH3 is 1. The van der Waals surface area contributed by atoms with Gasteiger partial charge in [0.15, 0.2) is 11.5 Å². The number of hydrogen-bond donors (Lipinski definition) is 0. The SMILES string of the molecule is COC(=O)Cc1ccc(-c2cccc3c2OC(C)(c2ccc(Cl)cc2F)O3)cc1. The van der Waals surface area contributed by atoms with E-state index in [4.69, 9.17) is 25.8 Å². The Morgan fingerprint density at radius 1 is 1.10 bits per heavy atom. The van der Waals surface area contributed by atoms with E-state index in [0.29, 0.717) is 16.5 Å². The second-order valence-corrected chi connectivity index (χ2v) is 7.29. The molecular formula is C23H18ClFO4. The fourth-order valence-electron chi connectivity index (χ4n) is 3.36. The summed E-state index contributed by atoms with van der Waals surface area (Å²) < 4.78 is 31.3. The minimum Gasteiger partial charge on any atom is -0.469 e. The van der Waals surface area contributed by atoms with E-state index in [1.807, 2.05) is 36.4 Å². The Balaban J connectivity index is 1.66. The average molecular weight is 413 g/mol. The second kappa shape index (κ2) is 7.41. The Hall–Kier alpha value is -3.05. The fourth-order valence-corrected chi connectivity index (χ4v) is 3.52. The Kier molecular flexibility index (Phi) is 4.92. The van der Waals surface area contributed by atoms with Gasteiger partial charge in [0.05, 0.1) is 19.1 Å². The van der Waals surface area contributed by atoms with E-state index in [9.17, 15) is 9.18 Å². The molecule has 0 spiro atoms. The number of halogens is 2. The molecule has 0 saturated heterocycles. The van der Waals surface area contributed by atoms with Crippen LogP contribution >= 0.6 is 11.6 Å². The highest BCUT2D eigenvalue weighted by atomic mass is 35.5. The molecule has 0 saturated carbocycles. The van der Waals surface area contributed by atoms with Gasteiger partial charge in [-0.3, -0.25) is 4.79 Å². The molecule has 1 aliphatic rings. The van der Waals surface area contributed by atoms with Gasteiger partial charge in [0.2, 0.25) is 0 Å². The topological polar surface area (TPSA) is 44.8 Å². The van der Waals surface area contributed by atoms with Crippen molar-refractivity contribution in [2.75, 3.05) is 7.11 Å². The van der Waals surface area contributed by atoms with Crippen LogP contribution in [-0.4, -0.2) is 13.1 Å². The zero-order valence-corrected chi connectivity index (χ0v) is 16.6. The first-order valence-corrected chi connectivity index (χ1v) is 9.40. The normalized spacial score (nSPS) is 17.2. The molecule has 0 aliphatic carbocycles. The summed E-state index contributed by atoms with van der Waals surface area (Å²) in [6.45, 7) is 1.67. The predicted molar refractivity (Wildman–Crippen MR) is 108 cm³/mol. The largest absolute Gasteiger partial charge is 0.469 e. The van der Waals surface area contributed by atoms with E-state index < -0.39 is 11.6 Å². The molecule has 0 radical (unpaired) electrons. The molecule has 1 unspecified atom stereocenters. The summed E-state index contributed by atoms with van der Waals surface area (Å²) in [5, 5.41) is 0.304. The van der Waals surface area contributed by atoms with Crippen LogP contribution in [0.5, 0.6) is 11.5 Å². The number of hydrogen-bond acceptors (Lipinski definition) is 4. The van der Waals surface area contributed by atoms with E-state index in [0.717, 1.165) is 16.7 Å². The number of esters is 1. The van der Waals surface area contributed by atoms with Gasteiger partial charge < -0.3 is 14.2 Å². The van der Waals surface area contributed by atoms with Gasteiger partial charge in [0, 0.05) is 17.5 Å². The average Bonchev–Trinajstić information content (AvgIpc) is 3.05. The molecule has 0 aromatic heterocycles. The Labute approximate surface area is 172 Å². The summed E-state index contributed by atoms with van der Waals surface area (Å²) in [6.07, 6.45) is 0.206. The quantitative estimate of drug-likeness (QED) is 0.530. The number of fused-ring (bicyclic) bond motifs is 1. The van der Waals surface area contributed by atoms with E-state index in [1.165, 1.54) is 13.2 Å². The first-order valence-electron chi connectivity index (χ1n) is 9.02. The van der Waals surface area contributed by atoms with Crippen molar-refractivity contribution in [2.24, 2.45) is 0 Å². The van der Waals surface area contributed by atoms with Crippen molar-refractivity contribution < 1.29 is 23.4 Å². The maximum absolute atomic E-state index is 14.5. The summed E-state index contributed by atoms with van der Waals surface area (Å²) in [4.78, 5) is 11.4. The van der Waals surface area contributed by atoms with Crippen LogP contribution in [0.3, 0.4) is 0 Å². The molecule has 4 nitrogen and oxygen atoms in total. The number of rotatable bonds is 4. The van der Waals surface area contributed by atoms with Crippen LogP contribution in [0.25, 0.3) is 11.1 Å². The summed E-state index contributed by atoms with van der Waals surface area (Å²) in [5.74, 6) is -1.04. The first-order chi connectivity index (χ1) is 13.9. The molecule has 1 heterocycles. The third kappa shape index (κ3) is 3.66. The van der Waals surface area contributed by atoms with E-state index in [2.05, 4.69) is 0 Å². The molecule has 0 amide bonds. The fraction of sp³-hybridized carbons (Fsp3) is 0.174. The van der Waals surface area contributed by atoms with Crippen LogP contribution in [0.2, 0.25) is 5.02 Å². The third-order valence-electron chi connectivity index (χ3n) is 4.84. The van der Waals surface area contributed by atoms with Crippen LogP contribution in [0, 0.1) is 5.82 Å². The van der Waals surface area contributed by atoms with Gasteiger partial charge in [-0.15, -0.1) is 0 Å². The van der Waals surface area contributed by atoms with Crippen molar-refractivity contribution in [3.8, 4) is 22.6 Å². The lowest BCUT2D eigenvalue weighted by Crippen LogP contribution is -2.32. The number of carbonyl (C=O) groups is 1. The Morgan fingerprint density at radius 2 is 1.86 bits per heavy atom. The zero-order chi connectivity index (χ0) is 20.6. The zero-order valence-electron chi connectivity index (χ0n) is 15.9. The van der Waals surface area contributed by atoms with Crippen molar-refractivity contribution in [3.63, 3.8) is 0 Å². The highest BCUT2D eigenvalue weighted by Gasteiger charge is 2.42. The van der Waals surface area contributed by atoms with Crippen molar-refractivity contribution in [1.29, 1.82) is 0 Å². The number of ether oxygens (including phenoxy) is 3. The van der Waals surface area contributed by atoms with Gasteiger partial charge in [-0.1, -0.05) is 48.0 Å². The molecule has 29 heavy (non-hydrogen) atoms. The standard InChI is InChI=1S/C23H18ClFO4/c1-23(18-11-10-16(24)13-19(18)25)28-20-5-3-4-17(22(20)29-23)15-8-6-14(7-9-15)12-21(26)27-2/h3-11,13H,12H2,1-2H3. The van der Waals surface area contributed by atoms with Crippen molar-refractivity contribution >= 4 is 17.6 Å². The minimum absolute atomic E-state index is 0.206. The lowest BCUT2D eigenvalue weighted by atomic mass is 10.0. The van der Waals surface area contributed by atoms with E-state index >= 15 is 0 Å². The van der Waals surface area contributed by atoms with Crippen LogP contribution in [0.1, 0.15) is 18.1 Å². The highest BCUT2D eigenvalue weighted by Crippen LogP contribution is 2.49. The lowest BCUT2D eigenvalue weighted by molar-refractivity contribution is -0.139. The van der Waals surface area contributed by atoms with Gasteiger partial charge in [0.25, 0.3) is 5.79 Å². The van der Waals surface area contributed by atoms with Gasteiger partial charge in [-0.2, -0.15) is 0 Å². The third-order valence-corrected chi connectivity index (χ3v) is 5.08. The van der Waals surface area contributed by atoms with Crippen molar-refractivity contribution in [2.45, 2.75) is 19.1 Å². The van der Waals surface area contributed by atoms with Gasteiger partial charge in [-0.05, 0) is 35.4 Å². The summed E-state index contributed by atoms with van der Waals surface area (Å²) >= 11 is 5.87. The molecule has 6 heteroatoms. The molecule has 0 fully saturated rings. The number of carbonyl (C=O) groups excluding carboxylic acids is 1. The number of para-hydroxylation sites is 1. The van der Waals surface area contributed by atoms with Crippen molar-refractivity contribution in [1.82, 2.24) is 0 Å². The number of benzene rings is 3. The van der Waals surface area contributed by atoms with Gasteiger partial charge in [-0.25, -0.2) is 4.39 Å². The summed E-state index contributed by atoms with van der Waals surface area (Å²) in [5.41, 5.74) is 2.81. The second-order valence-electron chi connectivity index (χ2n) is 6.86. The lowest BCUT2D eigenvalue weighted by Gasteiger charge is -2.24. The van der Waals surface area contributed by atoms with Gasteiger partial charge >= 0.3 is 5.97 Å². The molecule has 0 N–H and O–H groups in total. The van der Waals surface area contributed by atoms with E-state index in [1.54, 1.807) is 25.1 Å². The molecular weight excluding hydrogens is 395 g/mol. The minimum atomic E-state index is -1.31. The van der Waals surface area contributed by atoms with Crippen LogP contribution in [0.4, 0.5) is 4.39 Å². The van der Waals surface area contributed by atoms with Crippen LogP contribution in [-0.2, 0) is 21.7 Å². The smallest absolute Gasteiger partial charge is 0.309 e. The summed E-state index contributed by atoms with van der Waals surface area (Å²) in [6, 6.07) is 17.4. The molecule has 1 atom stereocenters. The Morgan fingerprint density at radius 3 is 2.55 bits per heavy atom. The molecule has 4 rings (SSSR count). The molecule has 3 aromatic carbocycles. The maximum atomic E-state index is 14.5. The first kappa shape index (κ1) is 19.3.